The van der Waals surface area contributed by atoms with Gasteiger partial charge in [-0.05, 0) is 48.4 Å². The molecule has 0 bridgehead atoms. The fraction of sp³-hybridized carbons (Fsp3) is 0.190. The highest BCUT2D eigenvalue weighted by molar-refractivity contribution is 6.09. The molecule has 0 atom stereocenters. The Morgan fingerprint density at radius 3 is 2.96 bits per heavy atom. The molecule has 1 aliphatic heterocycles. The van der Waals surface area contributed by atoms with E-state index < -0.39 is 0 Å². The van der Waals surface area contributed by atoms with Crippen LogP contribution in [-0.2, 0) is 24.4 Å². The summed E-state index contributed by atoms with van der Waals surface area (Å²) in [7, 11) is 1.94. The van der Waals surface area contributed by atoms with Crippen LogP contribution >= 0.6 is 0 Å². The molecule has 0 fully saturated rings. The lowest BCUT2D eigenvalue weighted by Crippen LogP contribution is -2.21. The van der Waals surface area contributed by atoms with Gasteiger partial charge < -0.3 is 10.3 Å². The Bertz CT molecular complexity index is 1000. The molecule has 0 saturated heterocycles. The lowest BCUT2D eigenvalue weighted by Gasteiger charge is -2.11. The molecule has 0 radical (unpaired) electrons. The van der Waals surface area contributed by atoms with Crippen LogP contribution in [0, 0.1) is 0 Å². The summed E-state index contributed by atoms with van der Waals surface area (Å²) >= 11 is 0. The van der Waals surface area contributed by atoms with Gasteiger partial charge in [0.05, 0.1) is 11.3 Å². The molecule has 1 amide bonds. The maximum Gasteiger partial charge on any atom is 0.275 e. The van der Waals surface area contributed by atoms with E-state index in [1.165, 1.54) is 11.1 Å². The number of carbonyl (C=O) groups is 1. The van der Waals surface area contributed by atoms with Crippen LogP contribution in [0.25, 0.3) is 22.2 Å². The first-order chi connectivity index (χ1) is 12.7. The molecule has 0 spiro atoms. The number of benzene rings is 2. The zero-order valence-electron chi connectivity index (χ0n) is 14.7. The molecule has 0 aliphatic carbocycles. The maximum absolute atomic E-state index is 12.2. The molecular formula is C21H21N3O2. The minimum Gasteiger partial charge on any atom is -0.354 e. The Morgan fingerprint density at radius 2 is 2.15 bits per heavy atom. The third-order valence-electron chi connectivity index (χ3n) is 4.78. The Hall–Kier alpha value is -2.89. The van der Waals surface area contributed by atoms with E-state index in [-0.39, 0.29) is 5.91 Å². The number of aromatic amines is 1. The van der Waals surface area contributed by atoms with Crippen molar-refractivity contribution in [3.05, 3.63) is 71.3 Å². The van der Waals surface area contributed by atoms with Crippen LogP contribution in [0.3, 0.4) is 0 Å². The molecule has 1 aliphatic rings. The van der Waals surface area contributed by atoms with E-state index in [9.17, 15) is 4.79 Å². The number of hydroxylamine groups is 1. The molecule has 4 rings (SSSR count). The second-order valence-corrected chi connectivity index (χ2v) is 6.43. The van der Waals surface area contributed by atoms with E-state index >= 15 is 0 Å². The van der Waals surface area contributed by atoms with Gasteiger partial charge in [-0.3, -0.25) is 9.63 Å². The first kappa shape index (κ1) is 16.6. The molecule has 1 aromatic heterocycles. The smallest absolute Gasteiger partial charge is 0.275 e. The Labute approximate surface area is 152 Å². The number of rotatable bonds is 5. The van der Waals surface area contributed by atoms with Gasteiger partial charge in [-0.2, -0.15) is 0 Å². The van der Waals surface area contributed by atoms with Crippen molar-refractivity contribution in [1.29, 1.82) is 0 Å². The van der Waals surface area contributed by atoms with E-state index in [2.05, 4.69) is 40.6 Å². The molecule has 2 aromatic carbocycles. The first-order valence-corrected chi connectivity index (χ1v) is 8.66. The molecule has 0 unspecified atom stereocenters. The van der Waals surface area contributed by atoms with Gasteiger partial charge in [-0.15, -0.1) is 6.58 Å². The number of allylic oxidation sites excluding steroid dienone is 1. The summed E-state index contributed by atoms with van der Waals surface area (Å²) in [6.07, 6.45) is 2.73. The van der Waals surface area contributed by atoms with Gasteiger partial charge in [0.2, 0.25) is 0 Å². The monoisotopic (exact) mass is 347 g/mol. The van der Waals surface area contributed by atoms with Gasteiger partial charge in [0, 0.05) is 23.0 Å². The molecular weight excluding hydrogens is 326 g/mol. The standard InChI is InChI=1S/C21H21N3O2/c1-3-5-13-10-14(8-9-15(13)11-22-2)20-17-12-26-24-21(25)16-6-4-7-18(23-20)19(16)17/h3-4,6-10,22-23H,1,5,11-12H2,2H3,(H,24,25). The minimum atomic E-state index is -0.211. The first-order valence-electron chi connectivity index (χ1n) is 8.66. The number of carbonyl (C=O) groups excluding carboxylic acids is 1. The van der Waals surface area contributed by atoms with E-state index in [4.69, 9.17) is 4.84 Å². The minimum absolute atomic E-state index is 0.211. The van der Waals surface area contributed by atoms with Crippen molar-refractivity contribution in [1.82, 2.24) is 15.8 Å². The van der Waals surface area contributed by atoms with E-state index in [1.807, 2.05) is 31.3 Å². The number of nitrogens with one attached hydrogen (secondary N) is 3. The average Bonchev–Trinajstić information content (AvgIpc) is 2.93. The average molecular weight is 347 g/mol. The van der Waals surface area contributed by atoms with Crippen molar-refractivity contribution in [2.75, 3.05) is 7.05 Å². The van der Waals surface area contributed by atoms with Crippen LogP contribution in [0.15, 0.2) is 49.1 Å². The molecule has 26 heavy (non-hydrogen) atoms. The number of hydrogen-bond donors (Lipinski definition) is 3. The lowest BCUT2D eigenvalue weighted by atomic mass is 9.97. The predicted molar refractivity (Wildman–Crippen MR) is 103 cm³/mol. The summed E-state index contributed by atoms with van der Waals surface area (Å²) in [5.41, 5.74) is 9.64. The Morgan fingerprint density at radius 1 is 1.27 bits per heavy atom. The Balaban J connectivity index is 1.91. The van der Waals surface area contributed by atoms with Crippen molar-refractivity contribution in [2.24, 2.45) is 0 Å². The summed E-state index contributed by atoms with van der Waals surface area (Å²) in [4.78, 5) is 21.1. The number of aromatic nitrogens is 1. The third kappa shape index (κ3) is 2.71. The van der Waals surface area contributed by atoms with Crippen LogP contribution in [-0.4, -0.2) is 17.9 Å². The summed E-state index contributed by atoms with van der Waals surface area (Å²) in [6, 6.07) is 12.1. The van der Waals surface area contributed by atoms with Crippen LogP contribution < -0.4 is 10.8 Å². The highest BCUT2D eigenvalue weighted by Crippen LogP contribution is 2.35. The van der Waals surface area contributed by atoms with E-state index in [1.54, 1.807) is 0 Å². The second-order valence-electron chi connectivity index (χ2n) is 6.43. The molecule has 5 heteroatoms. The van der Waals surface area contributed by atoms with Crippen molar-refractivity contribution in [3.8, 4) is 11.3 Å². The second kappa shape index (κ2) is 6.78. The quantitative estimate of drug-likeness (QED) is 0.619. The SMILES string of the molecule is C=CCc1cc(-c2[nH]c3cccc4c3c2CONC4=O)ccc1CNC. The van der Waals surface area contributed by atoms with Crippen LogP contribution in [0.2, 0.25) is 0 Å². The highest BCUT2D eigenvalue weighted by atomic mass is 16.6. The predicted octanol–water partition coefficient (Wildman–Crippen LogP) is 3.46. The van der Waals surface area contributed by atoms with Crippen molar-refractivity contribution in [2.45, 2.75) is 19.6 Å². The third-order valence-corrected chi connectivity index (χ3v) is 4.78. The largest absolute Gasteiger partial charge is 0.354 e. The van der Waals surface area contributed by atoms with Crippen LogP contribution in [0.4, 0.5) is 0 Å². The summed E-state index contributed by atoms with van der Waals surface area (Å²) < 4.78 is 0. The van der Waals surface area contributed by atoms with Gasteiger partial charge in [0.15, 0.2) is 0 Å². The van der Waals surface area contributed by atoms with Gasteiger partial charge in [-0.25, -0.2) is 5.48 Å². The number of H-pyrrole nitrogens is 1. The van der Waals surface area contributed by atoms with Crippen molar-refractivity contribution < 1.29 is 9.63 Å². The van der Waals surface area contributed by atoms with E-state index in [0.717, 1.165) is 40.7 Å². The molecule has 0 saturated carbocycles. The molecule has 3 aromatic rings. The van der Waals surface area contributed by atoms with Crippen LogP contribution in [0.5, 0.6) is 0 Å². The maximum atomic E-state index is 12.2. The van der Waals surface area contributed by atoms with Crippen molar-refractivity contribution >= 4 is 16.8 Å². The normalized spacial score (nSPS) is 13.5. The van der Waals surface area contributed by atoms with Crippen LogP contribution in [0.1, 0.15) is 27.0 Å². The van der Waals surface area contributed by atoms with Gasteiger partial charge in [0.25, 0.3) is 5.91 Å². The summed E-state index contributed by atoms with van der Waals surface area (Å²) in [6.45, 7) is 5.02. The van der Waals surface area contributed by atoms with Crippen molar-refractivity contribution in [3.63, 3.8) is 0 Å². The molecule has 5 nitrogen and oxygen atoms in total. The summed E-state index contributed by atoms with van der Waals surface area (Å²) in [5.74, 6) is -0.211. The highest BCUT2D eigenvalue weighted by Gasteiger charge is 2.23. The molecule has 3 N–H and O–H groups in total. The zero-order chi connectivity index (χ0) is 18.1. The Kier molecular flexibility index (Phi) is 4.32. The lowest BCUT2D eigenvalue weighted by molar-refractivity contribution is 0.0256. The number of amides is 1. The topological polar surface area (TPSA) is 66.1 Å². The fourth-order valence-electron chi connectivity index (χ4n) is 3.62. The fourth-order valence-corrected chi connectivity index (χ4v) is 3.62. The van der Waals surface area contributed by atoms with Gasteiger partial charge >= 0.3 is 0 Å². The number of hydrogen-bond acceptors (Lipinski definition) is 3. The zero-order valence-corrected chi connectivity index (χ0v) is 14.7. The van der Waals surface area contributed by atoms with Gasteiger partial charge in [0.1, 0.15) is 6.61 Å². The molecule has 132 valence electrons. The van der Waals surface area contributed by atoms with E-state index in [0.29, 0.717) is 12.2 Å². The molecule has 2 heterocycles. The van der Waals surface area contributed by atoms with Gasteiger partial charge in [-0.1, -0.05) is 24.3 Å². The summed E-state index contributed by atoms with van der Waals surface area (Å²) in [5, 5.41) is 4.14.